The molecule has 0 aliphatic rings. The van der Waals surface area contributed by atoms with Crippen LogP contribution in [-0.2, 0) is 30.4 Å². The molecular weight excluding hydrogens is 576 g/mol. The summed E-state index contributed by atoms with van der Waals surface area (Å²) < 4.78 is 64.3. The van der Waals surface area contributed by atoms with Crippen molar-refractivity contribution in [2.45, 2.75) is 17.8 Å². The third kappa shape index (κ3) is 6.10. The molecule has 5 aromatic rings. The van der Waals surface area contributed by atoms with Crippen molar-refractivity contribution in [2.24, 2.45) is 0 Å². The zero-order valence-corrected chi connectivity index (χ0v) is 24.8. The first-order chi connectivity index (χ1) is 20.1. The second kappa shape index (κ2) is 11.8. The van der Waals surface area contributed by atoms with Crippen molar-refractivity contribution in [3.05, 3.63) is 102 Å². The Bertz CT molecular complexity index is 1970. The van der Waals surface area contributed by atoms with Gasteiger partial charge in [0.1, 0.15) is 12.5 Å². The lowest BCUT2D eigenvalue weighted by Crippen LogP contribution is -2.34. The van der Waals surface area contributed by atoms with Crippen molar-refractivity contribution >= 4 is 36.3 Å². The highest BCUT2D eigenvalue weighted by atomic mass is 32.2. The minimum Gasteiger partial charge on any atom is -0.437 e. The van der Waals surface area contributed by atoms with Crippen molar-refractivity contribution in [3.63, 3.8) is 0 Å². The van der Waals surface area contributed by atoms with Crippen LogP contribution in [0.1, 0.15) is 11.1 Å². The second-order valence-electron chi connectivity index (χ2n) is 9.55. The van der Waals surface area contributed by atoms with Gasteiger partial charge in [-0.05, 0) is 42.3 Å². The number of hydrogen-bond acceptors (Lipinski definition) is 9. The zero-order chi connectivity index (χ0) is 29.9. The van der Waals surface area contributed by atoms with Gasteiger partial charge in [0.2, 0.25) is 30.9 Å². The van der Waals surface area contributed by atoms with Crippen LogP contribution in [0, 0.1) is 6.92 Å². The van der Waals surface area contributed by atoms with Gasteiger partial charge in [0.15, 0.2) is 0 Å². The van der Waals surface area contributed by atoms with Gasteiger partial charge in [0.25, 0.3) is 0 Å². The number of hydrogen-bond donors (Lipinski definition) is 0. The fourth-order valence-electron chi connectivity index (χ4n) is 4.49. The molecule has 2 heterocycles. The smallest absolute Gasteiger partial charge is 0.247 e. The molecule has 0 unspecified atom stereocenters. The van der Waals surface area contributed by atoms with Crippen molar-refractivity contribution in [1.82, 2.24) is 15.0 Å². The number of rotatable bonds is 10. The van der Waals surface area contributed by atoms with Crippen LogP contribution in [-0.4, -0.2) is 51.9 Å². The summed E-state index contributed by atoms with van der Waals surface area (Å²) in [5.41, 5.74) is 2.66. The summed E-state index contributed by atoms with van der Waals surface area (Å²) in [5.74, 6) is 0.459. The van der Waals surface area contributed by atoms with Crippen LogP contribution in [0.4, 0.5) is 5.69 Å². The Morgan fingerprint density at radius 1 is 0.810 bits per heavy atom. The Labute approximate surface area is 244 Å². The van der Waals surface area contributed by atoms with Gasteiger partial charge in [-0.3, -0.25) is 0 Å². The zero-order valence-electron chi connectivity index (χ0n) is 23.1. The van der Waals surface area contributed by atoms with Crippen LogP contribution < -0.4 is 9.04 Å². The van der Waals surface area contributed by atoms with E-state index in [0.29, 0.717) is 39.0 Å². The van der Waals surface area contributed by atoms with Crippen LogP contribution in [0.5, 0.6) is 11.6 Å². The molecule has 12 heteroatoms. The number of ether oxygens (including phenoxy) is 2. The molecule has 0 N–H and O–H groups in total. The molecule has 5 rings (SSSR count). The maximum atomic E-state index is 13.6. The molecule has 0 aliphatic heterocycles. The lowest BCUT2D eigenvalue weighted by Gasteiger charge is -2.25. The van der Waals surface area contributed by atoms with E-state index in [0.717, 1.165) is 11.8 Å². The maximum Gasteiger partial charge on any atom is 0.247 e. The standard InChI is InChI=1S/C30H28N4O6S2/c1-21-14-15-23-24(11-7-13-27(23)34(20-39-2)42(37,38)19-22-9-5-4-6-10-22)28(21)40-29-25(12-8-17-31-29)26-16-18-32-30(33-26)41(3,35)36/h4-18H,19-20H2,1-3H3. The predicted octanol–water partition coefficient (Wildman–Crippen LogP) is 5.14. The quantitative estimate of drug-likeness (QED) is 0.157. The van der Waals surface area contributed by atoms with Crippen molar-refractivity contribution < 1.29 is 26.3 Å². The number of pyridine rings is 1. The molecule has 0 aliphatic carbocycles. The average molecular weight is 605 g/mol. The molecule has 216 valence electrons. The summed E-state index contributed by atoms with van der Waals surface area (Å²) in [7, 11) is -6.02. The molecule has 0 saturated heterocycles. The van der Waals surface area contributed by atoms with E-state index in [1.54, 1.807) is 60.8 Å². The number of aryl methyl sites for hydroxylation is 1. The molecular formula is C30H28N4O6S2. The van der Waals surface area contributed by atoms with Crippen LogP contribution in [0.3, 0.4) is 0 Å². The number of methoxy groups -OCH3 is 1. The van der Waals surface area contributed by atoms with E-state index in [-0.39, 0.29) is 23.5 Å². The third-order valence-corrected chi connectivity index (χ3v) is 8.97. The van der Waals surface area contributed by atoms with E-state index < -0.39 is 19.9 Å². The van der Waals surface area contributed by atoms with Gasteiger partial charge in [0, 0.05) is 36.5 Å². The van der Waals surface area contributed by atoms with Gasteiger partial charge in [-0.15, -0.1) is 0 Å². The molecule has 0 saturated carbocycles. The summed E-state index contributed by atoms with van der Waals surface area (Å²) in [5, 5.41) is 0.973. The van der Waals surface area contributed by atoms with E-state index in [1.165, 1.54) is 17.6 Å². The Morgan fingerprint density at radius 2 is 1.60 bits per heavy atom. The average Bonchev–Trinajstić information content (AvgIpc) is 2.97. The number of fused-ring (bicyclic) bond motifs is 1. The molecule has 3 aromatic carbocycles. The monoisotopic (exact) mass is 604 g/mol. The molecule has 10 nitrogen and oxygen atoms in total. The molecule has 0 bridgehead atoms. The fraction of sp³-hybridized carbons (Fsp3) is 0.167. The Morgan fingerprint density at radius 3 is 2.33 bits per heavy atom. The Kier molecular flexibility index (Phi) is 8.21. The number of aromatic nitrogens is 3. The first-order valence-electron chi connectivity index (χ1n) is 12.8. The van der Waals surface area contributed by atoms with Gasteiger partial charge in [0.05, 0.1) is 22.7 Å². The highest BCUT2D eigenvalue weighted by Crippen LogP contribution is 2.40. The van der Waals surface area contributed by atoms with Crippen molar-refractivity contribution in [3.8, 4) is 22.9 Å². The molecule has 0 radical (unpaired) electrons. The van der Waals surface area contributed by atoms with Crippen molar-refractivity contribution in [2.75, 3.05) is 24.4 Å². The van der Waals surface area contributed by atoms with Gasteiger partial charge in [-0.25, -0.2) is 36.1 Å². The van der Waals surface area contributed by atoms with E-state index in [4.69, 9.17) is 9.47 Å². The highest BCUT2D eigenvalue weighted by molar-refractivity contribution is 7.92. The maximum absolute atomic E-state index is 13.6. The van der Waals surface area contributed by atoms with Crippen molar-refractivity contribution in [1.29, 1.82) is 0 Å². The first-order valence-corrected chi connectivity index (χ1v) is 16.3. The summed E-state index contributed by atoms with van der Waals surface area (Å²) in [6, 6.07) is 23.0. The normalized spacial score (nSPS) is 11.9. The first kappa shape index (κ1) is 29.1. The summed E-state index contributed by atoms with van der Waals surface area (Å²) in [4.78, 5) is 12.5. The summed E-state index contributed by atoms with van der Waals surface area (Å²) in [6.45, 7) is 1.69. The largest absolute Gasteiger partial charge is 0.437 e. The number of sulfonamides is 1. The van der Waals surface area contributed by atoms with Crippen LogP contribution in [0.2, 0.25) is 0 Å². The van der Waals surface area contributed by atoms with E-state index in [2.05, 4.69) is 15.0 Å². The van der Waals surface area contributed by atoms with Crippen LogP contribution in [0.15, 0.2) is 96.4 Å². The van der Waals surface area contributed by atoms with E-state index in [9.17, 15) is 16.8 Å². The van der Waals surface area contributed by atoms with E-state index >= 15 is 0 Å². The fourth-order valence-corrected chi connectivity index (χ4v) is 6.50. The number of nitrogens with zero attached hydrogens (tertiary/aromatic N) is 4. The van der Waals surface area contributed by atoms with Gasteiger partial charge >= 0.3 is 0 Å². The number of sulfone groups is 1. The third-order valence-electron chi connectivity index (χ3n) is 6.44. The summed E-state index contributed by atoms with van der Waals surface area (Å²) in [6.07, 6.45) is 3.96. The van der Waals surface area contributed by atoms with Crippen LogP contribution >= 0.6 is 0 Å². The molecule has 42 heavy (non-hydrogen) atoms. The minimum atomic E-state index is -3.83. The van der Waals surface area contributed by atoms with Gasteiger partial charge in [-0.2, -0.15) is 0 Å². The minimum absolute atomic E-state index is 0.181. The lowest BCUT2D eigenvalue weighted by molar-refractivity contribution is 0.210. The Balaban J connectivity index is 1.60. The Hall–Kier alpha value is -4.39. The molecule has 0 amide bonds. The topological polar surface area (TPSA) is 129 Å². The lowest BCUT2D eigenvalue weighted by atomic mass is 10.0. The predicted molar refractivity (Wildman–Crippen MR) is 161 cm³/mol. The molecule has 0 spiro atoms. The number of benzene rings is 3. The number of anilines is 1. The molecule has 0 fully saturated rings. The van der Waals surface area contributed by atoms with Gasteiger partial charge < -0.3 is 9.47 Å². The summed E-state index contributed by atoms with van der Waals surface area (Å²) >= 11 is 0. The van der Waals surface area contributed by atoms with E-state index in [1.807, 2.05) is 31.2 Å². The molecule has 0 atom stereocenters. The van der Waals surface area contributed by atoms with Crippen LogP contribution in [0.25, 0.3) is 22.0 Å². The second-order valence-corrected chi connectivity index (χ2v) is 13.3. The highest BCUT2D eigenvalue weighted by Gasteiger charge is 2.26. The van der Waals surface area contributed by atoms with Gasteiger partial charge in [-0.1, -0.05) is 54.6 Å². The molecule has 2 aromatic heterocycles. The SMILES string of the molecule is COCN(c1cccc2c(Oc3ncccc3-c3ccnc(S(C)(=O)=O)n3)c(C)ccc12)S(=O)(=O)Cc1ccccc1.